The van der Waals surface area contributed by atoms with Gasteiger partial charge in [-0.1, -0.05) is 24.3 Å². The van der Waals surface area contributed by atoms with Crippen LogP contribution in [-0.2, 0) is 18.4 Å². The van der Waals surface area contributed by atoms with Crippen LogP contribution in [0.2, 0.25) is 0 Å². The second-order valence-corrected chi connectivity index (χ2v) is 7.19. The average Bonchev–Trinajstić information content (AvgIpc) is 3.17. The second kappa shape index (κ2) is 6.96. The zero-order valence-electron chi connectivity index (χ0n) is 16.5. The summed E-state index contributed by atoms with van der Waals surface area (Å²) in [6, 6.07) is 14.4. The summed E-state index contributed by atoms with van der Waals surface area (Å²) in [5, 5.41) is 12.6. The molecule has 0 aliphatic carbocycles. The Hall–Kier alpha value is -3.41. The first kappa shape index (κ1) is 18.0. The van der Waals surface area contributed by atoms with Gasteiger partial charge < -0.3 is 5.32 Å². The highest BCUT2D eigenvalue weighted by Gasteiger charge is 2.12. The van der Waals surface area contributed by atoms with Gasteiger partial charge in [-0.15, -0.1) is 0 Å². The predicted molar refractivity (Wildman–Crippen MR) is 111 cm³/mol. The third-order valence-electron chi connectivity index (χ3n) is 4.97. The molecule has 0 fully saturated rings. The average molecular weight is 373 g/mol. The Kier molecular flexibility index (Phi) is 4.47. The van der Waals surface area contributed by atoms with E-state index >= 15 is 0 Å². The first-order valence-corrected chi connectivity index (χ1v) is 9.25. The van der Waals surface area contributed by atoms with E-state index in [0.29, 0.717) is 5.82 Å². The number of hydrogen-bond donors (Lipinski definition) is 1. The number of nitrogens with one attached hydrogen (secondary N) is 1. The molecule has 4 rings (SSSR count). The van der Waals surface area contributed by atoms with E-state index in [9.17, 15) is 4.79 Å². The van der Waals surface area contributed by atoms with Crippen molar-refractivity contribution < 1.29 is 4.79 Å². The molecule has 0 saturated carbocycles. The number of carbonyl (C=O) groups excluding carboxylic acids is 1. The number of fused-ring (bicyclic) bond motifs is 1. The van der Waals surface area contributed by atoms with Crippen molar-refractivity contribution >= 4 is 22.6 Å². The molecule has 28 heavy (non-hydrogen) atoms. The monoisotopic (exact) mass is 373 g/mol. The molecule has 0 aliphatic rings. The highest BCUT2D eigenvalue weighted by Crippen LogP contribution is 2.29. The van der Waals surface area contributed by atoms with Crippen molar-refractivity contribution in [2.45, 2.75) is 27.3 Å². The highest BCUT2D eigenvalue weighted by molar-refractivity contribution is 5.92. The maximum absolute atomic E-state index is 12.4. The van der Waals surface area contributed by atoms with Crippen LogP contribution in [0.15, 0.2) is 48.7 Å². The summed E-state index contributed by atoms with van der Waals surface area (Å²) in [6.45, 7) is 6.29. The summed E-state index contributed by atoms with van der Waals surface area (Å²) >= 11 is 0. The van der Waals surface area contributed by atoms with E-state index in [1.54, 1.807) is 16.4 Å². The second-order valence-electron chi connectivity index (χ2n) is 7.19. The van der Waals surface area contributed by atoms with Gasteiger partial charge in [0.15, 0.2) is 0 Å². The molecular formula is C22H23N5O. The molecule has 2 aromatic carbocycles. The SMILES string of the molecule is Cc1cc(NC(=O)Cn2ncc3cc(-c4c(C)cccc4C)ccc32)n(C)n1. The quantitative estimate of drug-likeness (QED) is 0.588. The summed E-state index contributed by atoms with van der Waals surface area (Å²) in [5.41, 5.74) is 6.71. The van der Waals surface area contributed by atoms with Crippen LogP contribution >= 0.6 is 0 Å². The Balaban J connectivity index is 1.60. The van der Waals surface area contributed by atoms with Crippen LogP contribution < -0.4 is 5.32 Å². The van der Waals surface area contributed by atoms with E-state index in [1.807, 2.05) is 25.3 Å². The molecule has 0 atom stereocenters. The lowest BCUT2D eigenvalue weighted by Gasteiger charge is -2.10. The summed E-state index contributed by atoms with van der Waals surface area (Å²) in [5.74, 6) is 0.545. The van der Waals surface area contributed by atoms with Gasteiger partial charge in [-0.05, 0) is 55.2 Å². The summed E-state index contributed by atoms with van der Waals surface area (Å²) in [6.07, 6.45) is 1.81. The molecule has 2 heterocycles. The lowest BCUT2D eigenvalue weighted by atomic mass is 9.95. The predicted octanol–water partition coefficient (Wildman–Crippen LogP) is 4.00. The van der Waals surface area contributed by atoms with Crippen molar-refractivity contribution in [3.8, 4) is 11.1 Å². The number of carbonyl (C=O) groups is 1. The molecule has 0 saturated heterocycles. The van der Waals surface area contributed by atoms with E-state index in [-0.39, 0.29) is 12.5 Å². The number of hydrogen-bond acceptors (Lipinski definition) is 3. The first-order valence-electron chi connectivity index (χ1n) is 9.25. The van der Waals surface area contributed by atoms with Gasteiger partial charge in [0.2, 0.25) is 5.91 Å². The molecule has 2 aromatic heterocycles. The molecular weight excluding hydrogens is 350 g/mol. The van der Waals surface area contributed by atoms with E-state index in [1.165, 1.54) is 16.7 Å². The van der Waals surface area contributed by atoms with Gasteiger partial charge in [0, 0.05) is 18.5 Å². The fraction of sp³-hybridized carbons (Fsp3) is 0.227. The van der Waals surface area contributed by atoms with Crippen LogP contribution in [0.4, 0.5) is 5.82 Å². The summed E-state index contributed by atoms with van der Waals surface area (Å²) < 4.78 is 3.38. The molecule has 0 spiro atoms. The van der Waals surface area contributed by atoms with E-state index in [2.05, 4.69) is 59.7 Å². The lowest BCUT2D eigenvalue weighted by Crippen LogP contribution is -2.20. The zero-order chi connectivity index (χ0) is 19.8. The van der Waals surface area contributed by atoms with Gasteiger partial charge in [-0.3, -0.25) is 14.2 Å². The Bertz CT molecular complexity index is 1160. The zero-order valence-corrected chi connectivity index (χ0v) is 16.5. The minimum atomic E-state index is -0.133. The number of aryl methyl sites for hydroxylation is 4. The van der Waals surface area contributed by atoms with E-state index in [0.717, 1.165) is 22.2 Å². The lowest BCUT2D eigenvalue weighted by molar-refractivity contribution is -0.116. The first-order chi connectivity index (χ1) is 13.4. The van der Waals surface area contributed by atoms with Crippen LogP contribution in [0, 0.1) is 20.8 Å². The molecule has 0 radical (unpaired) electrons. The molecule has 142 valence electrons. The van der Waals surface area contributed by atoms with Crippen LogP contribution in [0.5, 0.6) is 0 Å². The molecule has 0 unspecified atom stereocenters. The van der Waals surface area contributed by atoms with Crippen LogP contribution in [0.1, 0.15) is 16.8 Å². The number of amides is 1. The topological polar surface area (TPSA) is 64.7 Å². The largest absolute Gasteiger partial charge is 0.309 e. The Morgan fingerprint density at radius 2 is 1.82 bits per heavy atom. The molecule has 6 heteroatoms. The number of anilines is 1. The van der Waals surface area contributed by atoms with E-state index < -0.39 is 0 Å². The smallest absolute Gasteiger partial charge is 0.247 e. The molecule has 1 N–H and O–H groups in total. The number of aromatic nitrogens is 4. The Labute approximate surface area is 163 Å². The fourth-order valence-electron chi connectivity index (χ4n) is 3.68. The van der Waals surface area contributed by atoms with Gasteiger partial charge in [0.05, 0.1) is 17.4 Å². The Morgan fingerprint density at radius 3 is 2.50 bits per heavy atom. The minimum Gasteiger partial charge on any atom is -0.309 e. The van der Waals surface area contributed by atoms with Crippen LogP contribution in [-0.4, -0.2) is 25.5 Å². The normalized spacial score (nSPS) is 11.1. The molecule has 0 bridgehead atoms. The standard InChI is InChI=1S/C22H23N5O/c1-14-6-5-7-15(2)22(14)17-8-9-19-18(11-17)12-23-27(19)13-21(28)24-20-10-16(3)25-26(20)4/h5-12H,13H2,1-4H3,(H,24,28). The van der Waals surface area contributed by atoms with Gasteiger partial charge in [0.25, 0.3) is 0 Å². The van der Waals surface area contributed by atoms with Crippen molar-refractivity contribution in [3.05, 3.63) is 65.5 Å². The third kappa shape index (κ3) is 3.29. The highest BCUT2D eigenvalue weighted by atomic mass is 16.2. The third-order valence-corrected chi connectivity index (χ3v) is 4.97. The maximum atomic E-state index is 12.4. The minimum absolute atomic E-state index is 0.133. The van der Waals surface area contributed by atoms with Crippen LogP contribution in [0.25, 0.3) is 22.0 Å². The van der Waals surface area contributed by atoms with Crippen molar-refractivity contribution in [2.24, 2.45) is 7.05 Å². The molecule has 0 aliphatic heterocycles. The van der Waals surface area contributed by atoms with Gasteiger partial charge in [-0.25, -0.2) is 0 Å². The Morgan fingerprint density at radius 1 is 1.07 bits per heavy atom. The van der Waals surface area contributed by atoms with Crippen molar-refractivity contribution in [1.82, 2.24) is 19.6 Å². The molecule has 1 amide bonds. The summed E-state index contributed by atoms with van der Waals surface area (Å²) in [7, 11) is 1.81. The van der Waals surface area contributed by atoms with Gasteiger partial charge in [-0.2, -0.15) is 10.2 Å². The number of rotatable bonds is 4. The molecule has 6 nitrogen and oxygen atoms in total. The van der Waals surface area contributed by atoms with Crippen molar-refractivity contribution in [1.29, 1.82) is 0 Å². The van der Waals surface area contributed by atoms with Crippen LogP contribution in [0.3, 0.4) is 0 Å². The number of benzene rings is 2. The van der Waals surface area contributed by atoms with Crippen molar-refractivity contribution in [3.63, 3.8) is 0 Å². The van der Waals surface area contributed by atoms with Gasteiger partial charge >= 0.3 is 0 Å². The summed E-state index contributed by atoms with van der Waals surface area (Å²) in [4.78, 5) is 12.4. The van der Waals surface area contributed by atoms with Crippen molar-refractivity contribution in [2.75, 3.05) is 5.32 Å². The maximum Gasteiger partial charge on any atom is 0.247 e. The van der Waals surface area contributed by atoms with E-state index in [4.69, 9.17) is 0 Å². The number of nitrogens with zero attached hydrogens (tertiary/aromatic N) is 4. The molecule has 4 aromatic rings. The van der Waals surface area contributed by atoms with Gasteiger partial charge in [0.1, 0.15) is 12.4 Å². The fourth-order valence-corrected chi connectivity index (χ4v) is 3.68.